The second kappa shape index (κ2) is 8.68. The zero-order chi connectivity index (χ0) is 18.4. The van der Waals surface area contributed by atoms with Gasteiger partial charge in [0, 0.05) is 0 Å². The summed E-state index contributed by atoms with van der Waals surface area (Å²) in [5.41, 5.74) is 13.2. The van der Waals surface area contributed by atoms with Gasteiger partial charge < -0.3 is 11.5 Å². The summed E-state index contributed by atoms with van der Waals surface area (Å²) in [7, 11) is -1.61. The van der Waals surface area contributed by atoms with Crippen LogP contribution < -0.4 is 17.0 Å². The Morgan fingerprint density at radius 2 is 1.92 bits per heavy atom. The predicted molar refractivity (Wildman–Crippen MR) is 96.6 cm³/mol. The molecule has 2 aromatic rings. The zero-order valence-electron chi connectivity index (χ0n) is 14.4. The number of aromatic nitrogens is 2. The van der Waals surface area contributed by atoms with Gasteiger partial charge in [0.2, 0.25) is 5.91 Å². The van der Waals surface area contributed by atoms with Crippen LogP contribution in [0.2, 0.25) is 0 Å². The maximum absolute atomic E-state index is 12.5. The minimum atomic E-state index is -1.61. The predicted octanol–water partition coefficient (Wildman–Crippen LogP) is 0.889. The molecule has 0 radical (unpaired) electrons. The van der Waals surface area contributed by atoms with Crippen LogP contribution in [-0.2, 0) is 15.8 Å². The summed E-state index contributed by atoms with van der Waals surface area (Å²) in [5, 5.41) is 4.36. The molecular weight excluding hydrogens is 338 g/mol. The second-order valence-corrected chi connectivity index (χ2v) is 6.93. The molecule has 8 heteroatoms. The molecule has 2 rings (SSSR count). The van der Waals surface area contributed by atoms with E-state index in [1.807, 2.05) is 19.1 Å². The van der Waals surface area contributed by atoms with Crippen LogP contribution in [-0.4, -0.2) is 26.4 Å². The Kier molecular flexibility index (Phi) is 6.60. The van der Waals surface area contributed by atoms with Crippen LogP contribution in [0.3, 0.4) is 0 Å². The number of nitrogens with two attached hydrogens (primary N) is 2. The Labute approximate surface area is 149 Å². The molecule has 0 bridgehead atoms. The molecule has 0 saturated carbocycles. The molecule has 0 aliphatic rings. The molecule has 25 heavy (non-hydrogen) atoms. The Bertz CT molecular complexity index is 830. The number of hydrogen-bond donors (Lipinski definition) is 2. The van der Waals surface area contributed by atoms with E-state index >= 15 is 0 Å². The number of carbonyl (C=O) groups excluding carboxylic acids is 1. The molecule has 134 valence electrons. The average Bonchev–Trinajstić information content (AvgIpc) is 2.57. The van der Waals surface area contributed by atoms with Gasteiger partial charge in [-0.3, -0.25) is 4.79 Å². The first kappa shape index (κ1) is 19.0. The van der Waals surface area contributed by atoms with Gasteiger partial charge >= 0.3 is 0 Å². The molecule has 0 fully saturated rings. The largest absolute Gasteiger partial charge is 0.368 e. The summed E-state index contributed by atoms with van der Waals surface area (Å²) in [6.45, 7) is 4.20. The Balaban J connectivity index is 2.48. The summed E-state index contributed by atoms with van der Waals surface area (Å²) < 4.78 is 18.2. The number of carbonyl (C=O) groups is 1. The lowest BCUT2D eigenvalue weighted by atomic mass is 10.1. The van der Waals surface area contributed by atoms with Crippen molar-refractivity contribution in [1.82, 2.24) is 9.78 Å². The molecule has 1 aromatic heterocycles. The van der Waals surface area contributed by atoms with Gasteiger partial charge in [-0.2, -0.15) is 9.50 Å². The number of nitrogens with zero attached hydrogens (tertiary/aromatic N) is 3. The van der Waals surface area contributed by atoms with E-state index in [1.54, 1.807) is 31.2 Å². The van der Waals surface area contributed by atoms with Gasteiger partial charge in [0.05, 0.1) is 10.6 Å². The van der Waals surface area contributed by atoms with E-state index in [2.05, 4.69) is 9.50 Å². The van der Waals surface area contributed by atoms with Crippen LogP contribution in [0.25, 0.3) is 0 Å². The first-order valence-electron chi connectivity index (χ1n) is 8.01. The molecule has 0 aliphatic heterocycles. The van der Waals surface area contributed by atoms with E-state index < -0.39 is 22.9 Å². The number of hydrogen-bond acceptors (Lipinski definition) is 4. The molecule has 1 amide bonds. The van der Waals surface area contributed by atoms with Crippen LogP contribution in [0.4, 0.5) is 0 Å². The van der Waals surface area contributed by atoms with Crippen molar-refractivity contribution >= 4 is 16.9 Å². The molecule has 0 aliphatic carbocycles. The standard InChI is InChI=1S/C17H23N5O2S/c1-12-5-8-14(9-6-12)25(24)21-16-10-7-13(2)20-22(16)15(17(19)23)4-3-11-18/h5-10,15H,3-4,11,18H2,1-2H3,(H2,19,23)/b21-16+. The van der Waals surface area contributed by atoms with E-state index in [1.165, 1.54) is 4.68 Å². The number of amides is 1. The van der Waals surface area contributed by atoms with E-state index in [9.17, 15) is 9.00 Å². The molecule has 0 spiro atoms. The highest BCUT2D eigenvalue weighted by Crippen LogP contribution is 2.11. The van der Waals surface area contributed by atoms with Gasteiger partial charge in [-0.25, -0.2) is 8.89 Å². The average molecular weight is 361 g/mol. The highest BCUT2D eigenvalue weighted by atomic mass is 32.2. The SMILES string of the molecule is Cc1ccc(S(=O)/N=c2\ccc(C)nn2C(CCCN)C(N)=O)cc1. The van der Waals surface area contributed by atoms with E-state index in [0.29, 0.717) is 35.5 Å². The lowest BCUT2D eigenvalue weighted by Crippen LogP contribution is -2.36. The summed E-state index contributed by atoms with van der Waals surface area (Å²) in [5.74, 6) is -0.519. The smallest absolute Gasteiger partial charge is 0.242 e. The highest BCUT2D eigenvalue weighted by Gasteiger charge is 2.19. The second-order valence-electron chi connectivity index (χ2n) is 5.78. The minimum absolute atomic E-state index is 0.338. The lowest BCUT2D eigenvalue weighted by molar-refractivity contribution is -0.121. The van der Waals surface area contributed by atoms with Gasteiger partial charge in [0.25, 0.3) is 0 Å². The number of rotatable bonds is 7. The Morgan fingerprint density at radius 3 is 2.52 bits per heavy atom. The normalized spacial score (nSPS) is 14.3. The molecule has 0 saturated heterocycles. The van der Waals surface area contributed by atoms with Crippen LogP contribution in [0.15, 0.2) is 45.7 Å². The Morgan fingerprint density at radius 1 is 1.24 bits per heavy atom. The van der Waals surface area contributed by atoms with Crippen molar-refractivity contribution in [2.24, 2.45) is 15.9 Å². The van der Waals surface area contributed by atoms with Crippen molar-refractivity contribution < 1.29 is 9.00 Å². The van der Waals surface area contributed by atoms with Crippen LogP contribution in [0.1, 0.15) is 30.1 Å². The molecule has 2 unspecified atom stereocenters. The van der Waals surface area contributed by atoms with Crippen molar-refractivity contribution in [1.29, 1.82) is 0 Å². The van der Waals surface area contributed by atoms with E-state index in [4.69, 9.17) is 11.5 Å². The first-order valence-corrected chi connectivity index (χ1v) is 9.12. The third-order valence-corrected chi connectivity index (χ3v) is 4.71. The van der Waals surface area contributed by atoms with Crippen molar-refractivity contribution in [2.75, 3.05) is 6.54 Å². The highest BCUT2D eigenvalue weighted by molar-refractivity contribution is 7.83. The monoisotopic (exact) mass is 361 g/mol. The summed E-state index contributed by atoms with van der Waals surface area (Å²) in [4.78, 5) is 12.4. The third kappa shape index (κ3) is 5.07. The molecule has 4 N–H and O–H groups in total. The van der Waals surface area contributed by atoms with Gasteiger partial charge in [-0.15, -0.1) is 0 Å². The van der Waals surface area contributed by atoms with Gasteiger partial charge in [0.1, 0.15) is 6.04 Å². The summed E-state index contributed by atoms with van der Waals surface area (Å²) >= 11 is 0. The van der Waals surface area contributed by atoms with Gasteiger partial charge in [-0.05, 0) is 57.5 Å². The molecular formula is C17H23N5O2S. The van der Waals surface area contributed by atoms with Crippen LogP contribution in [0.5, 0.6) is 0 Å². The van der Waals surface area contributed by atoms with Crippen LogP contribution in [0, 0.1) is 13.8 Å². The molecule has 1 heterocycles. The quantitative estimate of drug-likeness (QED) is 0.761. The Hall–Kier alpha value is -2.32. The van der Waals surface area contributed by atoms with Crippen LogP contribution >= 0.6 is 0 Å². The summed E-state index contributed by atoms with van der Waals surface area (Å²) in [6.07, 6.45) is 1.07. The number of aryl methyl sites for hydroxylation is 2. The van der Waals surface area contributed by atoms with Gasteiger partial charge in [-0.1, -0.05) is 17.7 Å². The fourth-order valence-corrected chi connectivity index (χ4v) is 3.10. The number of primary amides is 1. The lowest BCUT2D eigenvalue weighted by Gasteiger charge is -2.16. The zero-order valence-corrected chi connectivity index (χ0v) is 15.2. The van der Waals surface area contributed by atoms with Crippen molar-refractivity contribution in [3.8, 4) is 0 Å². The van der Waals surface area contributed by atoms with Crippen molar-refractivity contribution in [3.05, 3.63) is 53.1 Å². The maximum Gasteiger partial charge on any atom is 0.242 e. The molecule has 7 nitrogen and oxygen atoms in total. The third-order valence-electron chi connectivity index (χ3n) is 3.68. The maximum atomic E-state index is 12.5. The van der Waals surface area contributed by atoms with Crippen molar-refractivity contribution in [3.63, 3.8) is 0 Å². The number of benzene rings is 1. The minimum Gasteiger partial charge on any atom is -0.368 e. The molecule has 2 atom stereocenters. The molecule has 1 aromatic carbocycles. The summed E-state index contributed by atoms with van der Waals surface area (Å²) in [6, 6.07) is 10.0. The first-order chi connectivity index (χ1) is 11.9. The van der Waals surface area contributed by atoms with E-state index in [0.717, 1.165) is 5.56 Å². The van der Waals surface area contributed by atoms with E-state index in [-0.39, 0.29) is 0 Å². The topological polar surface area (TPSA) is 116 Å². The fraction of sp³-hybridized carbons (Fsp3) is 0.353. The van der Waals surface area contributed by atoms with Gasteiger partial charge in [0.15, 0.2) is 16.5 Å². The fourth-order valence-electron chi connectivity index (χ4n) is 2.32. The van der Waals surface area contributed by atoms with Crippen molar-refractivity contribution in [2.45, 2.75) is 37.6 Å².